The van der Waals surface area contributed by atoms with Crippen molar-refractivity contribution in [1.82, 2.24) is 0 Å². The second-order valence-electron chi connectivity index (χ2n) is 3.00. The molecule has 0 rings (SSSR count). The normalized spacial score (nSPS) is 14.2. The first kappa shape index (κ1) is 11.9. The molecule has 0 aromatic heterocycles. The first-order valence-electron chi connectivity index (χ1n) is 4.18. The molecule has 0 aliphatic rings. The van der Waals surface area contributed by atoms with Gasteiger partial charge in [0.05, 0.1) is 13.2 Å². The van der Waals surface area contributed by atoms with Gasteiger partial charge in [0.25, 0.3) is 0 Å². The minimum Gasteiger partial charge on any atom is -0.466 e. The third kappa shape index (κ3) is 6.11. The molecule has 0 aliphatic carbocycles. The van der Waals surface area contributed by atoms with E-state index in [1.165, 1.54) is 19.3 Å². The lowest BCUT2D eigenvalue weighted by Crippen LogP contribution is -2.10. The van der Waals surface area contributed by atoms with Crippen LogP contribution in [0, 0.1) is 5.92 Å². The van der Waals surface area contributed by atoms with Gasteiger partial charge in [-0.3, -0.25) is 0 Å². The minimum absolute atomic E-state index is 0.183. The first-order valence-corrected chi connectivity index (χ1v) is 4.18. The van der Waals surface area contributed by atoms with E-state index in [0.717, 1.165) is 0 Å². The van der Waals surface area contributed by atoms with Crippen molar-refractivity contribution in [1.29, 1.82) is 0 Å². The molecule has 1 unspecified atom stereocenters. The molecule has 13 heavy (non-hydrogen) atoms. The highest BCUT2D eigenvalue weighted by Crippen LogP contribution is 2.01. The second kappa shape index (κ2) is 6.43. The van der Waals surface area contributed by atoms with Crippen molar-refractivity contribution in [3.05, 3.63) is 24.3 Å². The molecular formula is C10H16O3. The van der Waals surface area contributed by atoms with Crippen molar-refractivity contribution in [2.24, 2.45) is 5.92 Å². The quantitative estimate of drug-likeness (QED) is 0.407. The summed E-state index contributed by atoms with van der Waals surface area (Å²) in [6.07, 6.45) is 5.62. The summed E-state index contributed by atoms with van der Waals surface area (Å²) in [4.78, 5) is 10.6. The topological polar surface area (TPSA) is 46.5 Å². The third-order valence-electron chi connectivity index (χ3n) is 1.54. The molecule has 1 N–H and O–H groups in total. The lowest BCUT2D eigenvalue weighted by atomic mass is 10.1. The molecule has 0 amide bonds. The molecule has 0 saturated heterocycles. The first-order chi connectivity index (χ1) is 6.07. The SMILES string of the molecule is COC(=O)/C=C/C=C/C(O)C(C)C. The van der Waals surface area contributed by atoms with Crippen molar-refractivity contribution in [3.8, 4) is 0 Å². The number of hydrogen-bond donors (Lipinski definition) is 1. The Morgan fingerprint density at radius 3 is 2.46 bits per heavy atom. The molecule has 3 nitrogen and oxygen atoms in total. The van der Waals surface area contributed by atoms with Crippen molar-refractivity contribution in [2.75, 3.05) is 7.11 Å². The van der Waals surface area contributed by atoms with Crippen LogP contribution < -0.4 is 0 Å². The maximum Gasteiger partial charge on any atom is 0.330 e. The van der Waals surface area contributed by atoms with Gasteiger partial charge in [0.2, 0.25) is 0 Å². The van der Waals surface area contributed by atoms with Crippen molar-refractivity contribution in [2.45, 2.75) is 20.0 Å². The zero-order valence-corrected chi connectivity index (χ0v) is 8.23. The fourth-order valence-corrected chi connectivity index (χ4v) is 0.602. The van der Waals surface area contributed by atoms with Crippen LogP contribution in [-0.4, -0.2) is 24.3 Å². The van der Waals surface area contributed by atoms with E-state index in [9.17, 15) is 9.90 Å². The van der Waals surface area contributed by atoms with Crippen LogP contribution in [0.15, 0.2) is 24.3 Å². The predicted octanol–water partition coefficient (Wildman–Crippen LogP) is 1.29. The summed E-state index contributed by atoms with van der Waals surface area (Å²) in [5.74, 6) is -0.216. The minimum atomic E-state index is -0.470. The number of aliphatic hydroxyl groups is 1. The maximum atomic E-state index is 10.6. The number of esters is 1. The second-order valence-corrected chi connectivity index (χ2v) is 3.00. The highest BCUT2D eigenvalue weighted by Gasteiger charge is 2.02. The number of rotatable bonds is 4. The summed E-state index contributed by atoms with van der Waals surface area (Å²) in [6, 6.07) is 0. The predicted molar refractivity (Wildman–Crippen MR) is 51.1 cm³/mol. The molecule has 0 fully saturated rings. The number of carbonyl (C=O) groups is 1. The molecule has 0 bridgehead atoms. The van der Waals surface area contributed by atoms with Gasteiger partial charge in [0, 0.05) is 6.08 Å². The Labute approximate surface area is 78.7 Å². The smallest absolute Gasteiger partial charge is 0.330 e. The van der Waals surface area contributed by atoms with Crippen LogP contribution in [0.1, 0.15) is 13.8 Å². The van der Waals surface area contributed by atoms with Crippen LogP contribution in [0.4, 0.5) is 0 Å². The van der Waals surface area contributed by atoms with Crippen LogP contribution in [0.5, 0.6) is 0 Å². The third-order valence-corrected chi connectivity index (χ3v) is 1.54. The highest BCUT2D eigenvalue weighted by atomic mass is 16.5. The molecule has 0 radical (unpaired) electrons. The molecule has 1 atom stereocenters. The van der Waals surface area contributed by atoms with E-state index in [0.29, 0.717) is 0 Å². The van der Waals surface area contributed by atoms with Crippen molar-refractivity contribution >= 4 is 5.97 Å². The highest BCUT2D eigenvalue weighted by molar-refractivity contribution is 5.82. The van der Waals surface area contributed by atoms with E-state index in [-0.39, 0.29) is 5.92 Å². The number of aliphatic hydroxyl groups excluding tert-OH is 1. The molecule has 0 heterocycles. The fraction of sp³-hybridized carbons (Fsp3) is 0.500. The summed E-state index contributed by atoms with van der Waals surface area (Å²) in [7, 11) is 1.32. The van der Waals surface area contributed by atoms with Crippen LogP contribution in [-0.2, 0) is 9.53 Å². The van der Waals surface area contributed by atoms with Gasteiger partial charge in [0.1, 0.15) is 0 Å². The molecule has 0 aromatic rings. The van der Waals surface area contributed by atoms with Crippen molar-refractivity contribution < 1.29 is 14.6 Å². The van der Waals surface area contributed by atoms with E-state index >= 15 is 0 Å². The Morgan fingerprint density at radius 1 is 1.38 bits per heavy atom. The summed E-state index contributed by atoms with van der Waals surface area (Å²) in [5, 5.41) is 9.31. The molecule has 0 aromatic carbocycles. The van der Waals surface area contributed by atoms with Gasteiger partial charge in [-0.1, -0.05) is 32.1 Å². The number of methoxy groups -OCH3 is 1. The summed E-state index contributed by atoms with van der Waals surface area (Å²) < 4.78 is 4.38. The Bertz CT molecular complexity index is 204. The lowest BCUT2D eigenvalue weighted by Gasteiger charge is -2.07. The number of hydrogen-bond acceptors (Lipinski definition) is 3. The van der Waals surface area contributed by atoms with Gasteiger partial charge >= 0.3 is 5.97 Å². The Balaban J connectivity index is 3.87. The number of carbonyl (C=O) groups excluding carboxylic acids is 1. The van der Waals surface area contributed by atoms with Crippen LogP contribution in [0.3, 0.4) is 0 Å². The number of ether oxygens (including phenoxy) is 1. The van der Waals surface area contributed by atoms with Crippen LogP contribution in [0.25, 0.3) is 0 Å². The van der Waals surface area contributed by atoms with E-state index in [1.807, 2.05) is 13.8 Å². The molecule has 0 saturated carbocycles. The monoisotopic (exact) mass is 184 g/mol. The largest absolute Gasteiger partial charge is 0.466 e. The average Bonchev–Trinajstić information content (AvgIpc) is 2.11. The summed E-state index contributed by atoms with van der Waals surface area (Å²) in [5.41, 5.74) is 0. The van der Waals surface area contributed by atoms with Crippen molar-refractivity contribution in [3.63, 3.8) is 0 Å². The summed E-state index contributed by atoms with van der Waals surface area (Å²) in [6.45, 7) is 3.83. The molecular weight excluding hydrogens is 168 g/mol. The average molecular weight is 184 g/mol. The van der Waals surface area contributed by atoms with Gasteiger partial charge in [-0.15, -0.1) is 0 Å². The Kier molecular flexibility index (Phi) is 5.89. The zero-order chi connectivity index (χ0) is 10.3. The van der Waals surface area contributed by atoms with Gasteiger partial charge in [0.15, 0.2) is 0 Å². The zero-order valence-electron chi connectivity index (χ0n) is 8.23. The fourth-order valence-electron chi connectivity index (χ4n) is 0.602. The standard InChI is InChI=1S/C10H16O3/c1-8(2)9(11)6-4-5-7-10(12)13-3/h4-9,11H,1-3H3/b6-4+,7-5+. The Morgan fingerprint density at radius 2 is 2.00 bits per heavy atom. The van der Waals surface area contributed by atoms with E-state index in [1.54, 1.807) is 12.2 Å². The van der Waals surface area contributed by atoms with Gasteiger partial charge < -0.3 is 9.84 Å². The van der Waals surface area contributed by atoms with Crippen LogP contribution >= 0.6 is 0 Å². The summed E-state index contributed by atoms with van der Waals surface area (Å²) >= 11 is 0. The van der Waals surface area contributed by atoms with Gasteiger partial charge in [-0.05, 0) is 5.92 Å². The van der Waals surface area contributed by atoms with Gasteiger partial charge in [-0.25, -0.2) is 4.79 Å². The maximum absolute atomic E-state index is 10.6. The van der Waals surface area contributed by atoms with E-state index in [4.69, 9.17) is 0 Å². The molecule has 0 spiro atoms. The van der Waals surface area contributed by atoms with E-state index in [2.05, 4.69) is 4.74 Å². The Hall–Kier alpha value is -1.09. The number of allylic oxidation sites excluding steroid dienone is 2. The molecule has 74 valence electrons. The molecule has 0 aliphatic heterocycles. The van der Waals surface area contributed by atoms with Crippen LogP contribution in [0.2, 0.25) is 0 Å². The van der Waals surface area contributed by atoms with Gasteiger partial charge in [-0.2, -0.15) is 0 Å². The molecule has 3 heteroatoms. The van der Waals surface area contributed by atoms with E-state index < -0.39 is 12.1 Å². The lowest BCUT2D eigenvalue weighted by molar-refractivity contribution is -0.134.